The number of anilines is 1. The van der Waals surface area contributed by atoms with Crippen LogP contribution in [0.2, 0.25) is 0 Å². The molecule has 9 nitrogen and oxygen atoms in total. The summed E-state index contributed by atoms with van der Waals surface area (Å²) in [7, 11) is 3.40. The van der Waals surface area contributed by atoms with E-state index in [1.165, 1.54) is 0 Å². The molecule has 1 aromatic heterocycles. The minimum atomic E-state index is -0.106. The van der Waals surface area contributed by atoms with Crippen molar-refractivity contribution in [3.05, 3.63) is 70.9 Å². The van der Waals surface area contributed by atoms with E-state index in [2.05, 4.69) is 37.5 Å². The number of nitrogens with zero attached hydrogens (tertiary/aromatic N) is 2. The molecule has 0 aliphatic heterocycles. The summed E-state index contributed by atoms with van der Waals surface area (Å²) in [6.07, 6.45) is 0.675. The molecular formula is C20H24N8O. The van der Waals surface area contributed by atoms with Crippen LogP contribution in [-0.4, -0.2) is 36.0 Å². The number of aromatic nitrogens is 2. The third-order valence-electron chi connectivity index (χ3n) is 4.48. The number of hydrazone groups is 1. The normalized spacial score (nSPS) is 11.2. The van der Waals surface area contributed by atoms with Crippen molar-refractivity contribution in [1.29, 1.82) is 0 Å². The zero-order valence-corrected chi connectivity index (χ0v) is 16.3. The number of benzene rings is 2. The number of hydrogen-bond donors (Lipinski definition) is 6. The van der Waals surface area contributed by atoms with Gasteiger partial charge in [-0.3, -0.25) is 9.89 Å². The van der Waals surface area contributed by atoms with E-state index in [1.807, 2.05) is 36.4 Å². The number of hydrazine groups is 1. The second-order valence-electron chi connectivity index (χ2n) is 6.36. The molecule has 8 N–H and O–H groups in total. The molecule has 29 heavy (non-hydrogen) atoms. The molecule has 150 valence electrons. The molecule has 0 bridgehead atoms. The molecule has 3 aromatic rings. The molecular weight excluding hydrogens is 368 g/mol. The fourth-order valence-electron chi connectivity index (χ4n) is 3.15. The zero-order valence-electron chi connectivity index (χ0n) is 16.3. The van der Waals surface area contributed by atoms with E-state index in [-0.39, 0.29) is 11.7 Å². The van der Waals surface area contributed by atoms with Crippen LogP contribution in [0.15, 0.2) is 53.6 Å². The lowest BCUT2D eigenvalue weighted by molar-refractivity contribution is 0.0963. The van der Waals surface area contributed by atoms with Gasteiger partial charge in [0.15, 0.2) is 11.7 Å². The van der Waals surface area contributed by atoms with Crippen LogP contribution >= 0.6 is 0 Å². The SMILES string of the molecule is CNC(=O)c1cccc(Cc2cccc(-c3c(NC)n[nH]c3/C(N)=N/NN)c2)c1. The van der Waals surface area contributed by atoms with Gasteiger partial charge >= 0.3 is 0 Å². The number of rotatable bonds is 7. The number of aromatic amines is 1. The maximum absolute atomic E-state index is 11.9. The van der Waals surface area contributed by atoms with Crippen molar-refractivity contribution < 1.29 is 4.79 Å². The molecule has 0 radical (unpaired) electrons. The van der Waals surface area contributed by atoms with Gasteiger partial charge in [-0.05, 0) is 35.2 Å². The highest BCUT2D eigenvalue weighted by atomic mass is 16.1. The van der Waals surface area contributed by atoms with Gasteiger partial charge in [0.2, 0.25) is 0 Å². The van der Waals surface area contributed by atoms with Gasteiger partial charge in [-0.1, -0.05) is 36.4 Å². The Morgan fingerprint density at radius 3 is 2.55 bits per heavy atom. The molecule has 0 atom stereocenters. The van der Waals surface area contributed by atoms with Crippen LogP contribution in [0.5, 0.6) is 0 Å². The second kappa shape index (κ2) is 8.89. The van der Waals surface area contributed by atoms with Crippen LogP contribution in [0.1, 0.15) is 27.2 Å². The van der Waals surface area contributed by atoms with Crippen molar-refractivity contribution in [2.75, 3.05) is 19.4 Å². The molecule has 0 fully saturated rings. The van der Waals surface area contributed by atoms with Crippen molar-refractivity contribution in [1.82, 2.24) is 21.0 Å². The number of amides is 1. The van der Waals surface area contributed by atoms with Gasteiger partial charge in [0.25, 0.3) is 5.91 Å². The number of H-pyrrole nitrogens is 1. The first-order valence-corrected chi connectivity index (χ1v) is 9.03. The molecule has 0 saturated heterocycles. The quantitative estimate of drug-likeness (QED) is 0.154. The smallest absolute Gasteiger partial charge is 0.251 e. The van der Waals surface area contributed by atoms with Crippen molar-refractivity contribution >= 4 is 17.6 Å². The van der Waals surface area contributed by atoms with Gasteiger partial charge in [-0.15, -0.1) is 5.10 Å². The highest BCUT2D eigenvalue weighted by molar-refractivity contribution is 6.04. The second-order valence-corrected chi connectivity index (χ2v) is 6.36. The zero-order chi connectivity index (χ0) is 20.8. The van der Waals surface area contributed by atoms with Gasteiger partial charge in [0.05, 0.1) is 5.56 Å². The van der Waals surface area contributed by atoms with E-state index in [4.69, 9.17) is 11.6 Å². The first kappa shape index (κ1) is 19.9. The standard InChI is InChI=1S/C20H24N8O/c1-23-19-16(17(25-27-19)18(21)26-28-22)14-7-3-5-12(10-14)9-13-6-4-8-15(11-13)20(29)24-2/h3-8,10-11,28H,9,22H2,1-2H3,(H2,21,26)(H,24,29)(H2,23,25,27). The third-order valence-corrected chi connectivity index (χ3v) is 4.48. The molecule has 1 amide bonds. The number of nitrogens with one attached hydrogen (secondary N) is 4. The highest BCUT2D eigenvalue weighted by Crippen LogP contribution is 2.30. The van der Waals surface area contributed by atoms with E-state index < -0.39 is 0 Å². The van der Waals surface area contributed by atoms with Crippen LogP contribution in [0.3, 0.4) is 0 Å². The van der Waals surface area contributed by atoms with E-state index in [1.54, 1.807) is 20.2 Å². The Morgan fingerprint density at radius 1 is 1.14 bits per heavy atom. The molecule has 0 aliphatic carbocycles. The molecule has 0 unspecified atom stereocenters. The average Bonchev–Trinajstić information content (AvgIpc) is 3.18. The predicted octanol–water partition coefficient (Wildman–Crippen LogP) is 1.15. The van der Waals surface area contributed by atoms with Crippen LogP contribution in [0.25, 0.3) is 11.1 Å². The van der Waals surface area contributed by atoms with Gasteiger partial charge in [-0.2, -0.15) is 5.10 Å². The lowest BCUT2D eigenvalue weighted by Crippen LogP contribution is -2.23. The fourth-order valence-corrected chi connectivity index (χ4v) is 3.15. The third kappa shape index (κ3) is 4.36. The molecule has 3 rings (SSSR count). The maximum Gasteiger partial charge on any atom is 0.251 e. The summed E-state index contributed by atoms with van der Waals surface area (Å²) in [6.45, 7) is 0. The first-order valence-electron chi connectivity index (χ1n) is 9.03. The summed E-state index contributed by atoms with van der Waals surface area (Å²) >= 11 is 0. The lowest BCUT2D eigenvalue weighted by Gasteiger charge is -2.09. The molecule has 2 aromatic carbocycles. The number of carbonyl (C=O) groups is 1. The van der Waals surface area contributed by atoms with Gasteiger partial charge in [-0.25, -0.2) is 11.4 Å². The topological polar surface area (TPSA) is 146 Å². The molecule has 0 spiro atoms. The molecule has 0 saturated carbocycles. The van der Waals surface area contributed by atoms with E-state index in [9.17, 15) is 4.79 Å². The predicted molar refractivity (Wildman–Crippen MR) is 114 cm³/mol. The monoisotopic (exact) mass is 392 g/mol. The van der Waals surface area contributed by atoms with Gasteiger partial charge < -0.3 is 16.4 Å². The summed E-state index contributed by atoms with van der Waals surface area (Å²) in [5, 5.41) is 16.7. The average molecular weight is 392 g/mol. The van der Waals surface area contributed by atoms with E-state index >= 15 is 0 Å². The van der Waals surface area contributed by atoms with Crippen molar-refractivity contribution in [2.45, 2.75) is 6.42 Å². The first-order chi connectivity index (χ1) is 14.1. The van der Waals surface area contributed by atoms with Gasteiger partial charge in [0.1, 0.15) is 5.69 Å². The van der Waals surface area contributed by atoms with Crippen molar-refractivity contribution in [2.24, 2.45) is 16.7 Å². The Balaban J connectivity index is 1.96. The summed E-state index contributed by atoms with van der Waals surface area (Å²) in [5.74, 6) is 5.99. The number of hydrogen-bond acceptors (Lipinski definition) is 6. The summed E-state index contributed by atoms with van der Waals surface area (Å²) in [4.78, 5) is 11.9. The van der Waals surface area contributed by atoms with E-state index in [0.717, 1.165) is 22.3 Å². The summed E-state index contributed by atoms with van der Waals surface area (Å²) < 4.78 is 0. The summed E-state index contributed by atoms with van der Waals surface area (Å²) in [6, 6.07) is 15.6. The number of nitrogens with two attached hydrogens (primary N) is 2. The summed E-state index contributed by atoms with van der Waals surface area (Å²) in [5.41, 5.74) is 13.2. The fraction of sp³-hybridized carbons (Fsp3) is 0.150. The Kier molecular flexibility index (Phi) is 6.10. The largest absolute Gasteiger partial charge is 0.380 e. The minimum absolute atomic E-state index is 0.106. The van der Waals surface area contributed by atoms with E-state index in [0.29, 0.717) is 23.5 Å². The highest BCUT2D eigenvalue weighted by Gasteiger charge is 2.17. The molecule has 0 aliphatic rings. The van der Waals surface area contributed by atoms with Crippen molar-refractivity contribution in [3.63, 3.8) is 0 Å². The lowest BCUT2D eigenvalue weighted by atomic mass is 9.97. The van der Waals surface area contributed by atoms with Crippen LogP contribution in [0.4, 0.5) is 5.82 Å². The van der Waals surface area contributed by atoms with Crippen LogP contribution in [0, 0.1) is 0 Å². The minimum Gasteiger partial charge on any atom is -0.380 e. The Hall–Kier alpha value is -3.85. The number of carbonyl (C=O) groups excluding carboxylic acids is 1. The molecule has 1 heterocycles. The maximum atomic E-state index is 11.9. The van der Waals surface area contributed by atoms with Crippen LogP contribution in [-0.2, 0) is 6.42 Å². The molecule has 9 heteroatoms. The van der Waals surface area contributed by atoms with Gasteiger partial charge in [0, 0.05) is 19.7 Å². The van der Waals surface area contributed by atoms with Crippen molar-refractivity contribution in [3.8, 4) is 11.1 Å². The Morgan fingerprint density at radius 2 is 1.86 bits per heavy atom. The Bertz CT molecular complexity index is 1040. The van der Waals surface area contributed by atoms with Crippen LogP contribution < -0.4 is 27.7 Å². The Labute approximate surface area is 168 Å². The number of amidine groups is 1.